The van der Waals surface area contributed by atoms with E-state index >= 15 is 0 Å². The number of carbonyl (C=O) groups is 1. The Bertz CT molecular complexity index is 1480. The van der Waals surface area contributed by atoms with Crippen molar-refractivity contribution in [2.45, 2.75) is 19.4 Å². The van der Waals surface area contributed by atoms with Crippen molar-refractivity contribution in [3.63, 3.8) is 0 Å². The molecule has 4 aromatic rings. The SMILES string of the molecule is COc1ccc(C2CC(c3c(-c4ccccc4)c4cc(Cl)ccc4[nH]c3=O)=NN2C(C)=O)cc1. The number of fused-ring (bicyclic) bond motifs is 1. The van der Waals surface area contributed by atoms with Crippen molar-refractivity contribution in [1.29, 1.82) is 0 Å². The van der Waals surface area contributed by atoms with Crippen LogP contribution in [0.2, 0.25) is 5.02 Å². The molecule has 0 saturated heterocycles. The van der Waals surface area contributed by atoms with Gasteiger partial charge in [0.2, 0.25) is 5.91 Å². The Morgan fingerprint density at radius 3 is 2.47 bits per heavy atom. The summed E-state index contributed by atoms with van der Waals surface area (Å²) in [7, 11) is 1.61. The van der Waals surface area contributed by atoms with Crippen LogP contribution >= 0.6 is 11.6 Å². The first-order valence-corrected chi connectivity index (χ1v) is 11.3. The average Bonchev–Trinajstić information content (AvgIpc) is 3.29. The minimum absolute atomic E-state index is 0.197. The molecule has 1 atom stereocenters. The molecular weight excluding hydrogens is 450 g/mol. The third-order valence-electron chi connectivity index (χ3n) is 6.06. The number of aromatic nitrogens is 1. The van der Waals surface area contributed by atoms with Crippen LogP contribution in [0.25, 0.3) is 22.0 Å². The topological polar surface area (TPSA) is 74.8 Å². The maximum absolute atomic E-state index is 13.4. The molecule has 170 valence electrons. The highest BCUT2D eigenvalue weighted by atomic mass is 35.5. The molecule has 0 radical (unpaired) electrons. The second kappa shape index (κ2) is 8.80. The Morgan fingerprint density at radius 2 is 1.79 bits per heavy atom. The molecule has 5 rings (SSSR count). The van der Waals surface area contributed by atoms with Crippen LogP contribution in [-0.4, -0.2) is 28.7 Å². The number of carbonyl (C=O) groups excluding carboxylic acids is 1. The minimum atomic E-state index is -0.323. The molecule has 6 nitrogen and oxygen atoms in total. The number of ether oxygens (including phenoxy) is 1. The summed E-state index contributed by atoms with van der Waals surface area (Å²) < 4.78 is 5.26. The number of benzene rings is 3. The maximum Gasteiger partial charge on any atom is 0.258 e. The lowest BCUT2D eigenvalue weighted by molar-refractivity contribution is -0.130. The molecule has 1 amide bonds. The van der Waals surface area contributed by atoms with E-state index in [-0.39, 0.29) is 17.5 Å². The van der Waals surface area contributed by atoms with Gasteiger partial charge in [-0.25, -0.2) is 5.01 Å². The van der Waals surface area contributed by atoms with Crippen molar-refractivity contribution in [2.24, 2.45) is 5.10 Å². The Hall–Kier alpha value is -3.90. The summed E-state index contributed by atoms with van der Waals surface area (Å²) in [4.78, 5) is 28.9. The number of rotatable bonds is 4. The van der Waals surface area contributed by atoms with E-state index in [1.807, 2.05) is 60.7 Å². The maximum atomic E-state index is 13.4. The Labute approximate surface area is 201 Å². The summed E-state index contributed by atoms with van der Waals surface area (Å²) in [5.41, 5.74) is 3.97. The molecule has 0 spiro atoms. The van der Waals surface area contributed by atoms with Gasteiger partial charge in [0.25, 0.3) is 5.56 Å². The number of nitrogens with zero attached hydrogens (tertiary/aromatic N) is 2. The number of pyridine rings is 1. The highest BCUT2D eigenvalue weighted by molar-refractivity contribution is 6.31. The van der Waals surface area contributed by atoms with Gasteiger partial charge in [-0.3, -0.25) is 9.59 Å². The normalized spacial score (nSPS) is 15.4. The van der Waals surface area contributed by atoms with E-state index < -0.39 is 0 Å². The fourth-order valence-corrected chi connectivity index (χ4v) is 4.65. The van der Waals surface area contributed by atoms with E-state index in [1.165, 1.54) is 11.9 Å². The smallest absolute Gasteiger partial charge is 0.258 e. The van der Waals surface area contributed by atoms with Crippen molar-refractivity contribution in [3.8, 4) is 16.9 Å². The number of hydrazone groups is 1. The summed E-state index contributed by atoms with van der Waals surface area (Å²) >= 11 is 6.34. The number of nitrogens with one attached hydrogen (secondary N) is 1. The van der Waals surface area contributed by atoms with Crippen molar-refractivity contribution in [2.75, 3.05) is 7.11 Å². The highest BCUT2D eigenvalue weighted by Gasteiger charge is 2.34. The highest BCUT2D eigenvalue weighted by Crippen LogP contribution is 2.37. The van der Waals surface area contributed by atoms with E-state index in [4.69, 9.17) is 16.3 Å². The van der Waals surface area contributed by atoms with Gasteiger partial charge in [-0.2, -0.15) is 5.10 Å². The summed E-state index contributed by atoms with van der Waals surface area (Å²) in [6.45, 7) is 1.48. The zero-order chi connectivity index (χ0) is 23.8. The van der Waals surface area contributed by atoms with E-state index in [9.17, 15) is 9.59 Å². The van der Waals surface area contributed by atoms with Crippen LogP contribution in [0.3, 0.4) is 0 Å². The number of hydrogen-bond donors (Lipinski definition) is 1. The zero-order valence-electron chi connectivity index (χ0n) is 18.7. The number of H-pyrrole nitrogens is 1. The predicted molar refractivity (Wildman–Crippen MR) is 134 cm³/mol. The van der Waals surface area contributed by atoms with Crippen LogP contribution in [0.4, 0.5) is 0 Å². The van der Waals surface area contributed by atoms with E-state index in [1.54, 1.807) is 19.2 Å². The van der Waals surface area contributed by atoms with Crippen LogP contribution in [0.5, 0.6) is 5.75 Å². The molecule has 3 aromatic carbocycles. The lowest BCUT2D eigenvalue weighted by Gasteiger charge is -2.20. The first-order valence-electron chi connectivity index (χ1n) is 10.9. The van der Waals surface area contributed by atoms with E-state index in [0.29, 0.717) is 28.2 Å². The van der Waals surface area contributed by atoms with Gasteiger partial charge in [0.05, 0.1) is 24.4 Å². The third kappa shape index (κ3) is 3.86. The number of halogens is 1. The molecule has 0 bridgehead atoms. The molecular formula is C27H22ClN3O3. The quantitative estimate of drug-likeness (QED) is 0.423. The molecule has 34 heavy (non-hydrogen) atoms. The third-order valence-corrected chi connectivity index (χ3v) is 6.30. The second-order valence-corrected chi connectivity index (χ2v) is 8.60. The fraction of sp³-hybridized carbons (Fsp3) is 0.148. The molecule has 0 aliphatic carbocycles. The summed E-state index contributed by atoms with van der Waals surface area (Å²) in [5, 5.41) is 7.49. The largest absolute Gasteiger partial charge is 0.497 e. The Morgan fingerprint density at radius 1 is 1.06 bits per heavy atom. The number of amides is 1. The van der Waals surface area contributed by atoms with E-state index in [0.717, 1.165) is 27.8 Å². The van der Waals surface area contributed by atoms with Gasteiger partial charge < -0.3 is 9.72 Å². The molecule has 1 N–H and O–H groups in total. The van der Waals surface area contributed by atoms with Gasteiger partial charge in [0.1, 0.15) is 5.75 Å². The first kappa shape index (κ1) is 21.9. The van der Waals surface area contributed by atoms with Crippen molar-refractivity contribution in [3.05, 3.63) is 99.3 Å². The Balaban J connectivity index is 1.71. The molecule has 1 unspecified atom stereocenters. The van der Waals surface area contributed by atoms with Gasteiger partial charge in [-0.1, -0.05) is 54.1 Å². The minimum Gasteiger partial charge on any atom is -0.497 e. The molecule has 0 fully saturated rings. The zero-order valence-corrected chi connectivity index (χ0v) is 19.5. The molecule has 1 aromatic heterocycles. The summed E-state index contributed by atoms with van der Waals surface area (Å²) in [5.74, 6) is 0.531. The van der Waals surface area contributed by atoms with Gasteiger partial charge in [0, 0.05) is 34.8 Å². The second-order valence-electron chi connectivity index (χ2n) is 8.16. The van der Waals surface area contributed by atoms with E-state index in [2.05, 4.69) is 10.1 Å². The van der Waals surface area contributed by atoms with Crippen LogP contribution < -0.4 is 10.3 Å². The van der Waals surface area contributed by atoms with Crippen LogP contribution in [0.1, 0.15) is 30.5 Å². The lowest BCUT2D eigenvalue weighted by atomic mass is 9.91. The Kier molecular flexibility index (Phi) is 5.67. The van der Waals surface area contributed by atoms with Gasteiger partial charge >= 0.3 is 0 Å². The number of methoxy groups -OCH3 is 1. The predicted octanol–water partition coefficient (Wildman–Crippen LogP) is 5.55. The van der Waals surface area contributed by atoms with Gasteiger partial charge in [-0.05, 0) is 41.5 Å². The lowest BCUT2D eigenvalue weighted by Crippen LogP contribution is -2.24. The van der Waals surface area contributed by atoms with Crippen molar-refractivity contribution in [1.82, 2.24) is 9.99 Å². The molecule has 2 heterocycles. The monoisotopic (exact) mass is 471 g/mol. The molecule has 0 saturated carbocycles. The number of aromatic amines is 1. The summed E-state index contributed by atoms with van der Waals surface area (Å²) in [6.07, 6.45) is 0.404. The molecule has 7 heteroatoms. The first-order chi connectivity index (χ1) is 16.5. The van der Waals surface area contributed by atoms with Gasteiger partial charge in [-0.15, -0.1) is 0 Å². The number of hydrogen-bond acceptors (Lipinski definition) is 4. The van der Waals surface area contributed by atoms with Crippen LogP contribution in [0.15, 0.2) is 82.7 Å². The molecule has 1 aliphatic heterocycles. The summed E-state index contributed by atoms with van der Waals surface area (Å²) in [6, 6.07) is 22.3. The fourth-order valence-electron chi connectivity index (χ4n) is 4.48. The van der Waals surface area contributed by atoms with Crippen LogP contribution in [-0.2, 0) is 4.79 Å². The van der Waals surface area contributed by atoms with Gasteiger partial charge in [0.15, 0.2) is 0 Å². The standard InChI is InChI=1S/C27H22ClN3O3/c1-16(32)31-24(17-8-11-20(34-2)12-9-17)15-23(30-31)26-25(18-6-4-3-5-7-18)21-14-19(28)10-13-22(21)29-27(26)33/h3-14,24H,15H2,1-2H3,(H,29,33). The average molecular weight is 472 g/mol. The van der Waals surface area contributed by atoms with Crippen LogP contribution in [0, 0.1) is 0 Å². The van der Waals surface area contributed by atoms with Crippen molar-refractivity contribution >= 4 is 34.1 Å². The van der Waals surface area contributed by atoms with Crippen molar-refractivity contribution < 1.29 is 9.53 Å². The molecule has 1 aliphatic rings.